The molecule has 10 heavy (non-hydrogen) atoms. The molecule has 0 amide bonds. The fourth-order valence-electron chi connectivity index (χ4n) is 0.783. The zero-order chi connectivity index (χ0) is 7.78. The van der Waals surface area contributed by atoms with Crippen LogP contribution in [0.4, 0.5) is 0 Å². The molecule has 0 aromatic heterocycles. The van der Waals surface area contributed by atoms with E-state index in [4.69, 9.17) is 0 Å². The lowest BCUT2D eigenvalue weighted by atomic mass is 9.91. The van der Waals surface area contributed by atoms with Crippen molar-refractivity contribution in [2.24, 2.45) is 0 Å². The minimum Gasteiger partial charge on any atom is -0.382 e. The molecule has 0 saturated heterocycles. The van der Waals surface area contributed by atoms with Gasteiger partial charge in [0.2, 0.25) is 0 Å². The van der Waals surface area contributed by atoms with Gasteiger partial charge in [-0.1, -0.05) is 0 Å². The number of aliphatic hydroxyl groups is 1. The predicted molar refractivity (Wildman–Crippen MR) is 38.5 cm³/mol. The maximum Gasteiger partial charge on any atom is 0.178 e. The van der Waals surface area contributed by atoms with Gasteiger partial charge in [0.15, 0.2) is 5.78 Å². The second-order valence-corrected chi connectivity index (χ2v) is 2.71. The van der Waals surface area contributed by atoms with Crippen molar-refractivity contribution in [2.45, 2.75) is 19.4 Å². The van der Waals surface area contributed by atoms with Crippen molar-refractivity contribution in [1.82, 2.24) is 0 Å². The molecule has 0 bridgehead atoms. The predicted octanol–water partition coefficient (Wildman–Crippen LogP) is 0.823. The highest BCUT2D eigenvalue weighted by Gasteiger charge is 2.22. The number of rotatable bonds is 0. The third kappa shape index (κ3) is 1.16. The fourth-order valence-corrected chi connectivity index (χ4v) is 0.783. The van der Waals surface area contributed by atoms with Crippen molar-refractivity contribution in [2.75, 3.05) is 0 Å². The number of carbonyl (C=O) groups excluding carboxylic acids is 1. The fraction of sp³-hybridized carbons (Fsp3) is 0.375. The molecule has 1 atom stereocenters. The van der Waals surface area contributed by atoms with Gasteiger partial charge in [0.05, 0.1) is 0 Å². The van der Waals surface area contributed by atoms with Crippen LogP contribution in [0.25, 0.3) is 0 Å². The van der Waals surface area contributed by atoms with Crippen molar-refractivity contribution >= 4 is 5.78 Å². The number of allylic oxidation sites excluding steroid dienone is 2. The molecule has 54 valence electrons. The van der Waals surface area contributed by atoms with Crippen LogP contribution in [-0.4, -0.2) is 16.5 Å². The molecule has 0 heterocycles. The smallest absolute Gasteiger partial charge is 0.178 e. The lowest BCUT2D eigenvalue weighted by Gasteiger charge is -2.21. The van der Waals surface area contributed by atoms with Crippen molar-refractivity contribution in [1.29, 1.82) is 0 Å². The van der Waals surface area contributed by atoms with Crippen LogP contribution in [0.1, 0.15) is 13.8 Å². The first-order valence-corrected chi connectivity index (χ1v) is 3.17. The van der Waals surface area contributed by atoms with Gasteiger partial charge in [0.25, 0.3) is 0 Å². The maximum absolute atomic E-state index is 10.7. The van der Waals surface area contributed by atoms with E-state index in [1.807, 2.05) is 0 Å². The average Bonchev–Trinajstić information content (AvgIpc) is 1.81. The van der Waals surface area contributed by atoms with Gasteiger partial charge in [0, 0.05) is 0 Å². The quantitative estimate of drug-likeness (QED) is 0.538. The van der Waals surface area contributed by atoms with Crippen LogP contribution in [0.2, 0.25) is 0 Å². The highest BCUT2D eigenvalue weighted by molar-refractivity contribution is 6.01. The summed E-state index contributed by atoms with van der Waals surface area (Å²) in [5.74, 6) is -0.0518. The molecule has 1 aliphatic carbocycles. The Bertz CT molecular complexity index is 221. The number of carbonyl (C=O) groups is 1. The van der Waals surface area contributed by atoms with Gasteiger partial charge >= 0.3 is 0 Å². The van der Waals surface area contributed by atoms with Gasteiger partial charge in [-0.3, -0.25) is 4.79 Å². The number of hydrogen-bond donors (Lipinski definition) is 1. The molecule has 1 rings (SSSR count). The Balaban J connectivity index is 2.97. The molecular weight excluding hydrogens is 128 g/mol. The van der Waals surface area contributed by atoms with Gasteiger partial charge in [-0.25, -0.2) is 0 Å². The Morgan fingerprint density at radius 1 is 1.60 bits per heavy atom. The van der Waals surface area contributed by atoms with Crippen LogP contribution >= 0.6 is 0 Å². The molecule has 0 aliphatic heterocycles. The van der Waals surface area contributed by atoms with E-state index in [-0.39, 0.29) is 5.78 Å². The summed E-state index contributed by atoms with van der Waals surface area (Å²) >= 11 is 0. The summed E-state index contributed by atoms with van der Waals surface area (Å²) in [5.41, 5.74) is -0.228. The zero-order valence-corrected chi connectivity index (χ0v) is 6.09. The molecular formula is C8H10O2. The minimum absolute atomic E-state index is 0.0518. The molecule has 2 nitrogen and oxygen atoms in total. The van der Waals surface area contributed by atoms with Crippen LogP contribution in [0.3, 0.4) is 0 Å². The first-order chi connectivity index (χ1) is 4.52. The van der Waals surface area contributed by atoms with E-state index >= 15 is 0 Å². The molecule has 1 N–H and O–H groups in total. The van der Waals surface area contributed by atoms with Crippen molar-refractivity contribution in [3.8, 4) is 0 Å². The Kier molecular flexibility index (Phi) is 1.49. The zero-order valence-electron chi connectivity index (χ0n) is 6.09. The van der Waals surface area contributed by atoms with Gasteiger partial charge in [-0.05, 0) is 37.6 Å². The van der Waals surface area contributed by atoms with Crippen molar-refractivity contribution in [3.63, 3.8) is 0 Å². The maximum atomic E-state index is 10.7. The molecule has 0 saturated carbocycles. The van der Waals surface area contributed by atoms with Gasteiger partial charge in [0.1, 0.15) is 5.60 Å². The Labute approximate surface area is 59.9 Å². The second kappa shape index (κ2) is 2.06. The average molecular weight is 138 g/mol. The topological polar surface area (TPSA) is 37.3 Å². The summed E-state index contributed by atoms with van der Waals surface area (Å²) in [5, 5.41) is 9.45. The third-order valence-electron chi connectivity index (χ3n) is 1.73. The van der Waals surface area contributed by atoms with Crippen molar-refractivity contribution in [3.05, 3.63) is 23.8 Å². The molecule has 2 heteroatoms. The van der Waals surface area contributed by atoms with E-state index in [0.717, 1.165) is 0 Å². The van der Waals surface area contributed by atoms with Gasteiger partial charge < -0.3 is 5.11 Å². The summed E-state index contributed by atoms with van der Waals surface area (Å²) in [6.45, 7) is 3.39. The largest absolute Gasteiger partial charge is 0.382 e. The summed E-state index contributed by atoms with van der Waals surface area (Å²) in [7, 11) is 0. The summed E-state index contributed by atoms with van der Waals surface area (Å²) in [4.78, 5) is 10.7. The first kappa shape index (κ1) is 7.22. The SMILES string of the molecule is CC1=CC(=O)C=C[C@]1(C)O. The van der Waals surface area contributed by atoms with E-state index in [1.54, 1.807) is 13.8 Å². The minimum atomic E-state index is -0.923. The van der Waals surface area contributed by atoms with Crippen LogP contribution in [0.15, 0.2) is 23.8 Å². The van der Waals surface area contributed by atoms with Crippen LogP contribution in [-0.2, 0) is 4.79 Å². The van der Waals surface area contributed by atoms with E-state index in [9.17, 15) is 9.90 Å². The second-order valence-electron chi connectivity index (χ2n) is 2.71. The lowest BCUT2D eigenvalue weighted by Crippen LogP contribution is -2.25. The third-order valence-corrected chi connectivity index (χ3v) is 1.73. The highest BCUT2D eigenvalue weighted by Crippen LogP contribution is 2.20. The van der Waals surface area contributed by atoms with Gasteiger partial charge in [-0.15, -0.1) is 0 Å². The van der Waals surface area contributed by atoms with E-state index in [2.05, 4.69) is 0 Å². The highest BCUT2D eigenvalue weighted by atomic mass is 16.3. The number of ketones is 1. The first-order valence-electron chi connectivity index (χ1n) is 3.17. The number of hydrogen-bond acceptors (Lipinski definition) is 2. The molecule has 0 spiro atoms. The summed E-state index contributed by atoms with van der Waals surface area (Å²) < 4.78 is 0. The Morgan fingerprint density at radius 3 is 2.60 bits per heavy atom. The summed E-state index contributed by atoms with van der Waals surface area (Å²) in [6, 6.07) is 0. The molecule has 0 aromatic rings. The van der Waals surface area contributed by atoms with E-state index in [1.165, 1.54) is 18.2 Å². The van der Waals surface area contributed by atoms with Crippen LogP contribution in [0.5, 0.6) is 0 Å². The Morgan fingerprint density at radius 2 is 2.20 bits per heavy atom. The Hall–Kier alpha value is -0.890. The molecule has 0 unspecified atom stereocenters. The van der Waals surface area contributed by atoms with Gasteiger partial charge in [-0.2, -0.15) is 0 Å². The van der Waals surface area contributed by atoms with E-state index < -0.39 is 5.60 Å². The molecule has 0 radical (unpaired) electrons. The normalized spacial score (nSPS) is 32.3. The van der Waals surface area contributed by atoms with Crippen LogP contribution < -0.4 is 0 Å². The molecule has 0 fully saturated rings. The standard InChI is InChI=1S/C8H10O2/c1-6-5-7(9)3-4-8(6,2)10/h3-5,10H,1-2H3/t8-/m0/s1. The monoisotopic (exact) mass is 138 g/mol. The molecule has 1 aliphatic rings. The van der Waals surface area contributed by atoms with Crippen LogP contribution in [0, 0.1) is 0 Å². The van der Waals surface area contributed by atoms with E-state index in [0.29, 0.717) is 5.57 Å². The van der Waals surface area contributed by atoms with Crippen molar-refractivity contribution < 1.29 is 9.90 Å². The molecule has 0 aromatic carbocycles. The summed E-state index contributed by atoms with van der Waals surface area (Å²) in [6.07, 6.45) is 4.33. The lowest BCUT2D eigenvalue weighted by molar-refractivity contribution is -0.110.